The van der Waals surface area contributed by atoms with Gasteiger partial charge in [-0.05, 0) is 49.4 Å². The summed E-state index contributed by atoms with van der Waals surface area (Å²) in [5, 5.41) is 7.61. The van der Waals surface area contributed by atoms with Crippen molar-refractivity contribution in [3.05, 3.63) is 77.1 Å². The molecule has 22 heavy (non-hydrogen) atoms. The molecule has 1 aromatic heterocycles. The van der Waals surface area contributed by atoms with E-state index in [1.807, 2.05) is 43.5 Å². The number of rotatable bonds is 3. The fourth-order valence-electron chi connectivity index (χ4n) is 2.10. The van der Waals surface area contributed by atoms with Crippen LogP contribution in [-0.2, 0) is 0 Å². The molecule has 1 N–H and O–H groups in total. The van der Waals surface area contributed by atoms with Gasteiger partial charge in [0.1, 0.15) is 0 Å². The third kappa shape index (κ3) is 3.02. The summed E-state index contributed by atoms with van der Waals surface area (Å²) in [6, 6.07) is 16.4. The van der Waals surface area contributed by atoms with Crippen LogP contribution >= 0.6 is 11.6 Å². The second kappa shape index (κ2) is 6.03. The Balaban J connectivity index is 1.76. The fraction of sp³-hybridized carbons (Fsp3) is 0.0588. The molecule has 1 heterocycles. The molecule has 1 amide bonds. The monoisotopic (exact) mass is 311 g/mol. The van der Waals surface area contributed by atoms with Gasteiger partial charge >= 0.3 is 0 Å². The lowest BCUT2D eigenvalue weighted by Crippen LogP contribution is -2.12. The number of anilines is 1. The van der Waals surface area contributed by atoms with Crippen molar-refractivity contribution in [2.75, 3.05) is 5.32 Å². The van der Waals surface area contributed by atoms with Gasteiger partial charge in [-0.2, -0.15) is 5.10 Å². The van der Waals surface area contributed by atoms with Gasteiger partial charge in [0, 0.05) is 11.9 Å². The quantitative estimate of drug-likeness (QED) is 0.792. The Labute approximate surface area is 133 Å². The van der Waals surface area contributed by atoms with E-state index in [1.54, 1.807) is 28.9 Å². The van der Waals surface area contributed by atoms with Gasteiger partial charge in [-0.15, -0.1) is 0 Å². The number of halogens is 1. The largest absolute Gasteiger partial charge is 0.322 e. The molecule has 0 aliphatic rings. The summed E-state index contributed by atoms with van der Waals surface area (Å²) in [7, 11) is 0. The number of nitrogens with one attached hydrogen (secondary N) is 1. The van der Waals surface area contributed by atoms with E-state index in [1.165, 1.54) is 0 Å². The van der Waals surface area contributed by atoms with Crippen LogP contribution in [0.25, 0.3) is 5.69 Å². The molecule has 3 aromatic rings. The summed E-state index contributed by atoms with van der Waals surface area (Å²) >= 11 is 6.02. The number of hydrogen-bond donors (Lipinski definition) is 1. The molecule has 0 atom stereocenters. The molecule has 0 aliphatic heterocycles. The molecule has 0 radical (unpaired) electrons. The maximum atomic E-state index is 12.2. The van der Waals surface area contributed by atoms with Crippen LogP contribution < -0.4 is 5.32 Å². The van der Waals surface area contributed by atoms with E-state index < -0.39 is 0 Å². The molecule has 0 saturated heterocycles. The average Bonchev–Trinajstić information content (AvgIpc) is 2.95. The summed E-state index contributed by atoms with van der Waals surface area (Å²) in [6.07, 6.45) is 1.90. The number of amides is 1. The van der Waals surface area contributed by atoms with Crippen LogP contribution in [-0.4, -0.2) is 15.7 Å². The minimum atomic E-state index is -0.228. The Hall–Kier alpha value is -2.59. The van der Waals surface area contributed by atoms with Crippen molar-refractivity contribution in [2.45, 2.75) is 6.92 Å². The topological polar surface area (TPSA) is 46.9 Å². The number of nitrogens with zero attached hydrogens (tertiary/aromatic N) is 2. The second-order valence-electron chi connectivity index (χ2n) is 4.88. The highest BCUT2D eigenvalue weighted by atomic mass is 35.5. The van der Waals surface area contributed by atoms with Crippen LogP contribution in [0.3, 0.4) is 0 Å². The molecule has 4 nitrogen and oxygen atoms in total. The van der Waals surface area contributed by atoms with E-state index in [-0.39, 0.29) is 5.91 Å². The fourth-order valence-corrected chi connectivity index (χ4v) is 2.32. The molecule has 0 fully saturated rings. The number of aryl methyl sites for hydroxylation is 1. The van der Waals surface area contributed by atoms with Gasteiger partial charge in [-0.25, -0.2) is 4.68 Å². The predicted octanol–water partition coefficient (Wildman–Crippen LogP) is 4.09. The van der Waals surface area contributed by atoms with Gasteiger partial charge in [0.25, 0.3) is 5.91 Å². The number of benzene rings is 2. The molecule has 5 heteroatoms. The van der Waals surface area contributed by atoms with Crippen LogP contribution in [0, 0.1) is 6.92 Å². The zero-order chi connectivity index (χ0) is 15.5. The normalized spacial score (nSPS) is 10.5. The van der Waals surface area contributed by atoms with Crippen molar-refractivity contribution in [1.29, 1.82) is 0 Å². The highest BCUT2D eigenvalue weighted by molar-refractivity contribution is 6.34. The summed E-state index contributed by atoms with van der Waals surface area (Å²) in [4.78, 5) is 12.2. The highest BCUT2D eigenvalue weighted by Gasteiger charge is 2.09. The summed E-state index contributed by atoms with van der Waals surface area (Å²) in [5.74, 6) is -0.228. The first-order chi connectivity index (χ1) is 10.6. The van der Waals surface area contributed by atoms with Crippen LogP contribution in [0.1, 0.15) is 16.1 Å². The molecule has 0 spiro atoms. The zero-order valence-electron chi connectivity index (χ0n) is 12.0. The third-order valence-electron chi connectivity index (χ3n) is 3.23. The van der Waals surface area contributed by atoms with Crippen molar-refractivity contribution in [3.63, 3.8) is 0 Å². The van der Waals surface area contributed by atoms with Crippen molar-refractivity contribution in [2.24, 2.45) is 0 Å². The Morgan fingerprint density at radius 2 is 1.82 bits per heavy atom. The number of carbonyl (C=O) groups is 1. The maximum absolute atomic E-state index is 12.2. The van der Waals surface area contributed by atoms with Crippen molar-refractivity contribution in [1.82, 2.24) is 9.78 Å². The smallest absolute Gasteiger partial charge is 0.257 e. The maximum Gasteiger partial charge on any atom is 0.257 e. The second-order valence-corrected chi connectivity index (χ2v) is 5.29. The van der Waals surface area contributed by atoms with E-state index in [2.05, 4.69) is 10.4 Å². The molecular formula is C17H14ClN3O. The van der Waals surface area contributed by atoms with E-state index in [0.29, 0.717) is 16.3 Å². The van der Waals surface area contributed by atoms with E-state index in [9.17, 15) is 4.79 Å². The Kier molecular flexibility index (Phi) is 3.94. The van der Waals surface area contributed by atoms with Crippen molar-refractivity contribution >= 4 is 23.2 Å². The first kappa shape index (κ1) is 14.4. The van der Waals surface area contributed by atoms with Gasteiger partial charge in [-0.3, -0.25) is 4.79 Å². The van der Waals surface area contributed by atoms with Crippen LogP contribution in [0.2, 0.25) is 5.02 Å². The van der Waals surface area contributed by atoms with Gasteiger partial charge in [-0.1, -0.05) is 23.7 Å². The Morgan fingerprint density at radius 3 is 2.45 bits per heavy atom. The van der Waals surface area contributed by atoms with Gasteiger partial charge in [0.2, 0.25) is 0 Å². The van der Waals surface area contributed by atoms with Crippen LogP contribution in [0.5, 0.6) is 0 Å². The number of carbonyl (C=O) groups excluding carboxylic acids is 1. The van der Waals surface area contributed by atoms with Gasteiger partial charge in [0.05, 0.1) is 22.0 Å². The first-order valence-electron chi connectivity index (χ1n) is 6.82. The average molecular weight is 312 g/mol. The van der Waals surface area contributed by atoms with Crippen molar-refractivity contribution in [3.8, 4) is 5.69 Å². The van der Waals surface area contributed by atoms with Gasteiger partial charge < -0.3 is 5.32 Å². The lowest BCUT2D eigenvalue weighted by Gasteiger charge is -2.08. The van der Waals surface area contributed by atoms with Crippen LogP contribution in [0.4, 0.5) is 5.69 Å². The number of aromatic nitrogens is 2. The Bertz CT molecular complexity index is 809. The molecule has 0 bridgehead atoms. The summed E-state index contributed by atoms with van der Waals surface area (Å²) < 4.78 is 1.79. The van der Waals surface area contributed by atoms with E-state index >= 15 is 0 Å². The SMILES string of the molecule is Cc1ccn(-c2ccc(NC(=O)c3ccccc3Cl)cc2)n1. The molecule has 0 unspecified atom stereocenters. The predicted molar refractivity (Wildman–Crippen MR) is 87.7 cm³/mol. The Morgan fingerprint density at radius 1 is 1.09 bits per heavy atom. The van der Waals surface area contributed by atoms with E-state index in [0.717, 1.165) is 11.4 Å². The minimum Gasteiger partial charge on any atom is -0.322 e. The van der Waals surface area contributed by atoms with E-state index in [4.69, 9.17) is 11.6 Å². The summed E-state index contributed by atoms with van der Waals surface area (Å²) in [5.41, 5.74) is 3.05. The molecular weight excluding hydrogens is 298 g/mol. The lowest BCUT2D eigenvalue weighted by atomic mass is 10.2. The summed E-state index contributed by atoms with van der Waals surface area (Å²) in [6.45, 7) is 1.94. The minimum absolute atomic E-state index is 0.228. The standard InChI is InChI=1S/C17H14ClN3O/c1-12-10-11-21(20-12)14-8-6-13(7-9-14)19-17(22)15-4-2-3-5-16(15)18/h2-11H,1H3,(H,19,22). The third-order valence-corrected chi connectivity index (χ3v) is 3.56. The molecule has 0 aliphatic carbocycles. The highest BCUT2D eigenvalue weighted by Crippen LogP contribution is 2.18. The molecule has 0 saturated carbocycles. The van der Waals surface area contributed by atoms with Crippen LogP contribution in [0.15, 0.2) is 60.8 Å². The molecule has 110 valence electrons. The molecule has 3 rings (SSSR count). The van der Waals surface area contributed by atoms with Crippen molar-refractivity contribution < 1.29 is 4.79 Å². The molecule has 2 aromatic carbocycles. The lowest BCUT2D eigenvalue weighted by molar-refractivity contribution is 0.102. The number of hydrogen-bond acceptors (Lipinski definition) is 2. The zero-order valence-corrected chi connectivity index (χ0v) is 12.7. The van der Waals surface area contributed by atoms with Gasteiger partial charge in [0.15, 0.2) is 0 Å². The first-order valence-corrected chi connectivity index (χ1v) is 7.20.